The van der Waals surface area contributed by atoms with E-state index in [1.165, 1.54) is 18.2 Å². The summed E-state index contributed by atoms with van der Waals surface area (Å²) in [6.07, 6.45) is 1.89. The second-order valence-corrected chi connectivity index (χ2v) is 5.10. The van der Waals surface area contributed by atoms with Gasteiger partial charge in [0, 0.05) is 12.6 Å². The highest BCUT2D eigenvalue weighted by Gasteiger charge is 2.26. The summed E-state index contributed by atoms with van der Waals surface area (Å²) in [4.78, 5) is 14.3. The molecule has 5 heteroatoms. The number of nitrogens with one attached hydrogen (secondary N) is 1. The lowest BCUT2D eigenvalue weighted by molar-refractivity contribution is 0.0656. The third-order valence-corrected chi connectivity index (χ3v) is 3.83. The number of piperidine rings is 1. The number of hydrogen-bond donors (Lipinski definition) is 1. The second kappa shape index (κ2) is 6.35. The van der Waals surface area contributed by atoms with Crippen LogP contribution in [0.1, 0.15) is 30.1 Å². The highest BCUT2D eigenvalue weighted by Crippen LogP contribution is 2.22. The Kier molecular flexibility index (Phi) is 4.77. The zero-order valence-corrected chi connectivity index (χ0v) is 11.7. The number of nitrogens with zero attached hydrogens (tertiary/aromatic N) is 1. The van der Waals surface area contributed by atoms with Crippen LogP contribution in [0.25, 0.3) is 0 Å². The molecule has 1 fully saturated rings. The average Bonchev–Trinajstić information content (AvgIpc) is 2.40. The van der Waals surface area contributed by atoms with Crippen LogP contribution < -0.4 is 5.32 Å². The van der Waals surface area contributed by atoms with E-state index in [4.69, 9.17) is 11.6 Å². The van der Waals surface area contributed by atoms with Gasteiger partial charge in [-0.15, -0.1) is 0 Å². The minimum absolute atomic E-state index is 0.112. The highest BCUT2D eigenvalue weighted by atomic mass is 35.5. The van der Waals surface area contributed by atoms with E-state index in [1.807, 2.05) is 11.8 Å². The molecule has 0 bridgehead atoms. The first-order valence-electron chi connectivity index (χ1n) is 6.60. The molecule has 2 rings (SSSR count). The smallest absolute Gasteiger partial charge is 0.255 e. The monoisotopic (exact) mass is 284 g/mol. The third-order valence-electron chi connectivity index (χ3n) is 3.51. The fourth-order valence-corrected chi connectivity index (χ4v) is 2.75. The maximum atomic E-state index is 13.0. The van der Waals surface area contributed by atoms with E-state index in [2.05, 4.69) is 5.32 Å². The highest BCUT2D eigenvalue weighted by molar-refractivity contribution is 6.33. The van der Waals surface area contributed by atoms with E-state index in [1.54, 1.807) is 0 Å². The summed E-state index contributed by atoms with van der Waals surface area (Å²) in [6, 6.07) is 4.16. The molecular formula is C14H18ClFN2O. The molecule has 0 spiro atoms. The Labute approximate surface area is 117 Å². The van der Waals surface area contributed by atoms with Crippen molar-refractivity contribution in [2.75, 3.05) is 19.6 Å². The van der Waals surface area contributed by atoms with Gasteiger partial charge in [-0.05, 0) is 51.1 Å². The van der Waals surface area contributed by atoms with Crippen LogP contribution in [0.5, 0.6) is 0 Å². The Morgan fingerprint density at radius 2 is 2.16 bits per heavy atom. The van der Waals surface area contributed by atoms with E-state index in [-0.39, 0.29) is 17.0 Å². The van der Waals surface area contributed by atoms with Crippen molar-refractivity contribution in [3.63, 3.8) is 0 Å². The minimum atomic E-state index is -0.425. The number of benzene rings is 1. The first kappa shape index (κ1) is 14.3. The van der Waals surface area contributed by atoms with E-state index in [0.717, 1.165) is 25.9 Å². The van der Waals surface area contributed by atoms with Crippen LogP contribution in [0.15, 0.2) is 18.2 Å². The SMILES string of the molecule is CCN(C(=O)c1ccc(F)cc1Cl)C1CCNCC1. The molecule has 0 unspecified atom stereocenters. The van der Waals surface area contributed by atoms with Crippen molar-refractivity contribution in [3.05, 3.63) is 34.6 Å². The Balaban J connectivity index is 2.19. The van der Waals surface area contributed by atoms with E-state index < -0.39 is 5.82 Å². The topological polar surface area (TPSA) is 32.3 Å². The van der Waals surface area contributed by atoms with Crippen molar-refractivity contribution < 1.29 is 9.18 Å². The maximum Gasteiger partial charge on any atom is 0.255 e. The summed E-state index contributed by atoms with van der Waals surface area (Å²) in [6.45, 7) is 4.44. The normalized spacial score (nSPS) is 16.4. The summed E-state index contributed by atoms with van der Waals surface area (Å²) in [5, 5.41) is 3.46. The van der Waals surface area contributed by atoms with Crippen molar-refractivity contribution in [1.29, 1.82) is 0 Å². The average molecular weight is 285 g/mol. The van der Waals surface area contributed by atoms with Crippen LogP contribution in [-0.2, 0) is 0 Å². The molecule has 104 valence electrons. The van der Waals surface area contributed by atoms with Gasteiger partial charge in [0.25, 0.3) is 5.91 Å². The number of hydrogen-bond acceptors (Lipinski definition) is 2. The Morgan fingerprint density at radius 3 is 2.74 bits per heavy atom. The Bertz CT molecular complexity index is 461. The summed E-state index contributed by atoms with van der Waals surface area (Å²) in [7, 11) is 0. The zero-order chi connectivity index (χ0) is 13.8. The molecule has 0 aliphatic carbocycles. The van der Waals surface area contributed by atoms with Gasteiger partial charge in [0.2, 0.25) is 0 Å². The summed E-state index contributed by atoms with van der Waals surface area (Å²) in [5.41, 5.74) is 0.378. The van der Waals surface area contributed by atoms with Gasteiger partial charge in [-0.3, -0.25) is 4.79 Å². The fraction of sp³-hybridized carbons (Fsp3) is 0.500. The molecule has 1 saturated heterocycles. The molecule has 0 aromatic heterocycles. The van der Waals surface area contributed by atoms with Crippen LogP contribution in [0.3, 0.4) is 0 Å². The van der Waals surface area contributed by atoms with Crippen LogP contribution in [-0.4, -0.2) is 36.5 Å². The molecule has 0 radical (unpaired) electrons. The van der Waals surface area contributed by atoms with Crippen LogP contribution in [0.2, 0.25) is 5.02 Å². The van der Waals surface area contributed by atoms with Crippen molar-refractivity contribution in [2.45, 2.75) is 25.8 Å². The van der Waals surface area contributed by atoms with Crippen molar-refractivity contribution in [1.82, 2.24) is 10.2 Å². The molecule has 1 aromatic rings. The van der Waals surface area contributed by atoms with Gasteiger partial charge in [-0.2, -0.15) is 0 Å². The molecule has 19 heavy (non-hydrogen) atoms. The van der Waals surface area contributed by atoms with Gasteiger partial charge < -0.3 is 10.2 Å². The van der Waals surface area contributed by atoms with E-state index in [0.29, 0.717) is 12.1 Å². The molecule has 3 nitrogen and oxygen atoms in total. The number of amides is 1. The first-order chi connectivity index (χ1) is 9.13. The quantitative estimate of drug-likeness (QED) is 0.926. The molecule has 1 aliphatic heterocycles. The zero-order valence-electron chi connectivity index (χ0n) is 11.0. The third kappa shape index (κ3) is 3.25. The lowest BCUT2D eigenvalue weighted by atomic mass is 10.0. The Hall–Kier alpha value is -1.13. The molecule has 0 saturated carbocycles. The van der Waals surface area contributed by atoms with Gasteiger partial charge in [0.05, 0.1) is 10.6 Å². The van der Waals surface area contributed by atoms with E-state index >= 15 is 0 Å². The first-order valence-corrected chi connectivity index (χ1v) is 6.98. The number of halogens is 2. The predicted octanol–water partition coefficient (Wildman–Crippen LogP) is 2.69. The molecule has 0 atom stereocenters. The van der Waals surface area contributed by atoms with Gasteiger partial charge in [-0.1, -0.05) is 11.6 Å². The Morgan fingerprint density at radius 1 is 1.47 bits per heavy atom. The van der Waals surface area contributed by atoms with Crippen molar-refractivity contribution in [3.8, 4) is 0 Å². The van der Waals surface area contributed by atoms with Crippen LogP contribution in [0.4, 0.5) is 4.39 Å². The van der Waals surface area contributed by atoms with Crippen LogP contribution in [0, 0.1) is 5.82 Å². The molecule has 1 aromatic carbocycles. The van der Waals surface area contributed by atoms with Gasteiger partial charge in [0.15, 0.2) is 0 Å². The van der Waals surface area contributed by atoms with Crippen molar-refractivity contribution in [2.24, 2.45) is 0 Å². The molecule has 1 amide bonds. The lowest BCUT2D eigenvalue weighted by Gasteiger charge is -2.34. The number of carbonyl (C=O) groups excluding carboxylic acids is 1. The van der Waals surface area contributed by atoms with Crippen molar-refractivity contribution >= 4 is 17.5 Å². The van der Waals surface area contributed by atoms with Gasteiger partial charge in [-0.25, -0.2) is 4.39 Å². The second-order valence-electron chi connectivity index (χ2n) is 4.70. The molecule has 1 heterocycles. The van der Waals surface area contributed by atoms with E-state index in [9.17, 15) is 9.18 Å². The standard InChI is InChI=1S/C14H18ClFN2O/c1-2-18(11-5-7-17-8-6-11)14(19)12-4-3-10(16)9-13(12)15/h3-4,9,11,17H,2,5-8H2,1H3. The summed E-state index contributed by atoms with van der Waals surface area (Å²) in [5.74, 6) is -0.536. The lowest BCUT2D eigenvalue weighted by Crippen LogP contribution is -2.46. The van der Waals surface area contributed by atoms with Gasteiger partial charge in [0.1, 0.15) is 5.82 Å². The van der Waals surface area contributed by atoms with Crippen LogP contribution >= 0.6 is 11.6 Å². The summed E-state index contributed by atoms with van der Waals surface area (Å²) >= 11 is 5.96. The number of rotatable bonds is 3. The van der Waals surface area contributed by atoms with Gasteiger partial charge >= 0.3 is 0 Å². The summed E-state index contributed by atoms with van der Waals surface area (Å²) < 4.78 is 13.0. The molecule has 1 aliphatic rings. The number of carbonyl (C=O) groups is 1. The largest absolute Gasteiger partial charge is 0.336 e. The predicted molar refractivity (Wildman–Crippen MR) is 74.0 cm³/mol. The molecular weight excluding hydrogens is 267 g/mol. The molecule has 1 N–H and O–H groups in total. The maximum absolute atomic E-state index is 13.0. The minimum Gasteiger partial charge on any atom is -0.336 e. The fourth-order valence-electron chi connectivity index (χ4n) is 2.50.